The van der Waals surface area contributed by atoms with E-state index >= 15 is 0 Å². The summed E-state index contributed by atoms with van der Waals surface area (Å²) in [4.78, 5) is 13.3. The maximum absolute atomic E-state index is 11.0. The molecule has 0 fully saturated rings. The minimum Gasteiger partial charge on any atom is -0.427 e. The first-order valence-corrected chi connectivity index (χ1v) is 7.87. The van der Waals surface area contributed by atoms with Crippen LogP contribution in [0, 0.1) is 0 Å². The molecule has 3 rings (SSSR count). The molecule has 0 amide bonds. The van der Waals surface area contributed by atoms with Gasteiger partial charge in [0, 0.05) is 20.0 Å². The molecule has 120 valence electrons. The first-order chi connectivity index (χ1) is 11.2. The number of carbonyl (C=O) groups excluding carboxylic acids is 1. The number of aliphatic hydroxyl groups excluding tert-OH is 1. The molecule has 0 saturated carbocycles. The van der Waals surface area contributed by atoms with Gasteiger partial charge in [-0.1, -0.05) is 36.4 Å². The highest BCUT2D eigenvalue weighted by Gasteiger charge is 2.26. The van der Waals surface area contributed by atoms with Crippen molar-refractivity contribution in [3.63, 3.8) is 0 Å². The van der Waals surface area contributed by atoms with Gasteiger partial charge in [-0.15, -0.1) is 0 Å². The largest absolute Gasteiger partial charge is 0.427 e. The summed E-state index contributed by atoms with van der Waals surface area (Å²) in [6.45, 7) is 3.20. The predicted octanol–water partition coefficient (Wildman–Crippen LogP) is 2.70. The first kappa shape index (κ1) is 15.7. The summed E-state index contributed by atoms with van der Waals surface area (Å²) in [6.07, 6.45) is 0.998. The van der Waals surface area contributed by atoms with E-state index in [0.717, 1.165) is 25.1 Å². The van der Waals surface area contributed by atoms with Gasteiger partial charge in [0.25, 0.3) is 0 Å². The van der Waals surface area contributed by atoms with Gasteiger partial charge in [-0.2, -0.15) is 0 Å². The Bertz CT molecular complexity index is 681. The van der Waals surface area contributed by atoms with Crippen LogP contribution in [0.4, 0.5) is 0 Å². The van der Waals surface area contributed by atoms with E-state index in [1.807, 2.05) is 30.3 Å². The van der Waals surface area contributed by atoms with Gasteiger partial charge >= 0.3 is 5.97 Å². The van der Waals surface area contributed by atoms with Crippen LogP contribution in [0.2, 0.25) is 0 Å². The van der Waals surface area contributed by atoms with E-state index in [1.54, 1.807) is 0 Å². The van der Waals surface area contributed by atoms with Crippen LogP contribution in [-0.2, 0) is 17.8 Å². The average molecular weight is 311 g/mol. The van der Waals surface area contributed by atoms with Crippen molar-refractivity contribution in [1.82, 2.24) is 4.90 Å². The molecule has 1 aliphatic heterocycles. The van der Waals surface area contributed by atoms with Crippen LogP contribution in [0.15, 0.2) is 48.5 Å². The van der Waals surface area contributed by atoms with Gasteiger partial charge < -0.3 is 9.84 Å². The zero-order chi connectivity index (χ0) is 16.2. The molecule has 0 radical (unpaired) electrons. The zero-order valence-electron chi connectivity index (χ0n) is 13.2. The van der Waals surface area contributed by atoms with Crippen LogP contribution in [-0.4, -0.2) is 29.1 Å². The lowest BCUT2D eigenvalue weighted by Gasteiger charge is -2.36. The molecule has 0 spiro atoms. The molecule has 1 N–H and O–H groups in total. The van der Waals surface area contributed by atoms with Gasteiger partial charge in [-0.05, 0) is 35.2 Å². The SMILES string of the molecule is CC(=O)Oc1ccc(CN2CCc3ccccc3C2CO)cc1. The van der Waals surface area contributed by atoms with Crippen molar-refractivity contribution >= 4 is 5.97 Å². The molecule has 0 saturated heterocycles. The molecule has 0 aliphatic carbocycles. The van der Waals surface area contributed by atoms with Gasteiger partial charge in [0.1, 0.15) is 5.75 Å². The summed E-state index contributed by atoms with van der Waals surface area (Å²) in [5.74, 6) is 0.245. The molecule has 2 aromatic carbocycles. The number of nitrogens with zero attached hydrogens (tertiary/aromatic N) is 1. The maximum atomic E-state index is 11.0. The van der Waals surface area contributed by atoms with Crippen LogP contribution >= 0.6 is 0 Å². The maximum Gasteiger partial charge on any atom is 0.308 e. The van der Waals surface area contributed by atoms with Crippen molar-refractivity contribution in [2.75, 3.05) is 13.2 Å². The Morgan fingerprint density at radius 1 is 1.22 bits per heavy atom. The summed E-state index contributed by atoms with van der Waals surface area (Å²) in [7, 11) is 0. The Labute approximate surface area is 136 Å². The minimum absolute atomic E-state index is 0.0353. The second-order valence-electron chi connectivity index (χ2n) is 5.86. The molecule has 4 heteroatoms. The zero-order valence-corrected chi connectivity index (χ0v) is 13.2. The molecular weight excluding hydrogens is 290 g/mol. The Morgan fingerprint density at radius 2 is 1.96 bits per heavy atom. The van der Waals surface area contributed by atoms with E-state index in [0.29, 0.717) is 5.75 Å². The molecule has 1 atom stereocenters. The fraction of sp³-hybridized carbons (Fsp3) is 0.316. The highest BCUT2D eigenvalue weighted by atomic mass is 16.5. The third kappa shape index (κ3) is 3.60. The summed E-state index contributed by atoms with van der Waals surface area (Å²) in [6, 6.07) is 15.9. The van der Waals surface area contributed by atoms with E-state index in [2.05, 4.69) is 23.1 Å². The third-order valence-corrected chi connectivity index (χ3v) is 4.27. The average Bonchev–Trinajstić information content (AvgIpc) is 2.56. The highest BCUT2D eigenvalue weighted by Crippen LogP contribution is 2.30. The monoisotopic (exact) mass is 311 g/mol. The highest BCUT2D eigenvalue weighted by molar-refractivity contribution is 5.69. The lowest BCUT2D eigenvalue weighted by Crippen LogP contribution is -2.36. The number of hydrogen-bond acceptors (Lipinski definition) is 4. The second-order valence-corrected chi connectivity index (χ2v) is 5.86. The fourth-order valence-electron chi connectivity index (χ4n) is 3.17. The molecule has 0 aromatic heterocycles. The Balaban J connectivity index is 1.74. The quantitative estimate of drug-likeness (QED) is 0.697. The normalized spacial score (nSPS) is 17.6. The lowest BCUT2D eigenvalue weighted by molar-refractivity contribution is -0.131. The van der Waals surface area contributed by atoms with Crippen molar-refractivity contribution in [2.45, 2.75) is 25.9 Å². The molecule has 1 unspecified atom stereocenters. The van der Waals surface area contributed by atoms with E-state index in [9.17, 15) is 9.90 Å². The Morgan fingerprint density at radius 3 is 2.65 bits per heavy atom. The van der Waals surface area contributed by atoms with Crippen LogP contribution < -0.4 is 4.74 Å². The summed E-state index contributed by atoms with van der Waals surface area (Å²) in [5.41, 5.74) is 3.68. The van der Waals surface area contributed by atoms with Crippen LogP contribution in [0.1, 0.15) is 29.7 Å². The van der Waals surface area contributed by atoms with E-state index < -0.39 is 0 Å². The van der Waals surface area contributed by atoms with Crippen molar-refractivity contribution in [3.8, 4) is 5.75 Å². The van der Waals surface area contributed by atoms with E-state index in [-0.39, 0.29) is 18.6 Å². The molecule has 4 nitrogen and oxygen atoms in total. The van der Waals surface area contributed by atoms with Crippen molar-refractivity contribution in [1.29, 1.82) is 0 Å². The topological polar surface area (TPSA) is 49.8 Å². The van der Waals surface area contributed by atoms with Crippen molar-refractivity contribution in [2.24, 2.45) is 0 Å². The summed E-state index contributed by atoms with van der Waals surface area (Å²) in [5, 5.41) is 9.83. The van der Waals surface area contributed by atoms with Gasteiger partial charge in [-0.3, -0.25) is 9.69 Å². The Kier molecular flexibility index (Phi) is 4.74. The number of ether oxygens (including phenoxy) is 1. The van der Waals surface area contributed by atoms with E-state index in [1.165, 1.54) is 18.1 Å². The molecular formula is C19H21NO3. The number of rotatable bonds is 4. The van der Waals surface area contributed by atoms with Gasteiger partial charge in [0.15, 0.2) is 0 Å². The number of benzene rings is 2. The number of hydrogen-bond donors (Lipinski definition) is 1. The smallest absolute Gasteiger partial charge is 0.308 e. The summed E-state index contributed by atoms with van der Waals surface area (Å²) >= 11 is 0. The molecule has 0 bridgehead atoms. The molecule has 23 heavy (non-hydrogen) atoms. The van der Waals surface area contributed by atoms with Gasteiger partial charge in [-0.25, -0.2) is 0 Å². The van der Waals surface area contributed by atoms with Crippen molar-refractivity contribution < 1.29 is 14.6 Å². The first-order valence-electron chi connectivity index (χ1n) is 7.87. The predicted molar refractivity (Wildman–Crippen MR) is 88.1 cm³/mol. The van der Waals surface area contributed by atoms with Gasteiger partial charge in [0.05, 0.1) is 12.6 Å². The van der Waals surface area contributed by atoms with E-state index in [4.69, 9.17) is 4.74 Å². The number of carbonyl (C=O) groups is 1. The summed E-state index contributed by atoms with van der Waals surface area (Å²) < 4.78 is 5.06. The molecule has 1 aliphatic rings. The van der Waals surface area contributed by atoms with Crippen LogP contribution in [0.3, 0.4) is 0 Å². The number of esters is 1. The molecule has 1 heterocycles. The standard InChI is InChI=1S/C19H21NO3/c1-14(22)23-17-8-6-15(7-9-17)12-20-11-10-16-4-2-3-5-18(16)19(20)13-21/h2-9,19,21H,10-13H2,1H3. The third-order valence-electron chi connectivity index (χ3n) is 4.27. The van der Waals surface area contributed by atoms with Crippen LogP contribution in [0.25, 0.3) is 0 Å². The lowest BCUT2D eigenvalue weighted by atomic mass is 9.92. The Hall–Kier alpha value is -2.17. The van der Waals surface area contributed by atoms with Crippen molar-refractivity contribution in [3.05, 3.63) is 65.2 Å². The minimum atomic E-state index is -0.314. The van der Waals surface area contributed by atoms with Crippen LogP contribution in [0.5, 0.6) is 5.75 Å². The number of fused-ring (bicyclic) bond motifs is 1. The molecule has 2 aromatic rings. The number of aliphatic hydroxyl groups is 1. The van der Waals surface area contributed by atoms with Gasteiger partial charge in [0.2, 0.25) is 0 Å². The second kappa shape index (κ2) is 6.94. The fourth-order valence-corrected chi connectivity index (χ4v) is 3.17.